The van der Waals surface area contributed by atoms with E-state index in [-0.39, 0.29) is 5.41 Å². The van der Waals surface area contributed by atoms with E-state index >= 15 is 0 Å². The smallest absolute Gasteiger partial charge is 0.136 e. The second-order valence-electron chi connectivity index (χ2n) is 15.8. The van der Waals surface area contributed by atoms with Crippen LogP contribution in [-0.4, -0.2) is 9.13 Å². The van der Waals surface area contributed by atoms with Crippen molar-refractivity contribution >= 4 is 65.6 Å². The maximum Gasteiger partial charge on any atom is 0.136 e. The summed E-state index contributed by atoms with van der Waals surface area (Å²) in [4.78, 5) is 0. The molecule has 3 nitrogen and oxygen atoms in total. The number of fused-ring (bicyclic) bond motifs is 9. The predicted octanol–water partition coefficient (Wildman–Crippen LogP) is 14.4. The first-order valence-corrected chi connectivity index (χ1v) is 19.1. The largest absolute Gasteiger partial charge is 0.456 e. The lowest BCUT2D eigenvalue weighted by molar-refractivity contribution is 0.591. The van der Waals surface area contributed by atoms with Crippen molar-refractivity contribution in [1.82, 2.24) is 9.13 Å². The molecule has 0 N–H and O–H groups in total. The van der Waals surface area contributed by atoms with Gasteiger partial charge in [0.2, 0.25) is 0 Å². The average Bonchev–Trinajstić information content (AvgIpc) is 3.87. The molecular weight excluding hydrogens is 669 g/mol. The molecule has 11 aromatic rings. The van der Waals surface area contributed by atoms with Crippen LogP contribution in [0.2, 0.25) is 0 Å². The molecule has 262 valence electrons. The minimum Gasteiger partial charge on any atom is -0.456 e. The number of para-hydroxylation sites is 3. The van der Waals surface area contributed by atoms with Crippen LogP contribution in [0.15, 0.2) is 180 Å². The summed E-state index contributed by atoms with van der Waals surface area (Å²) in [6, 6.07) is 64.0. The van der Waals surface area contributed by atoms with Gasteiger partial charge in [0.15, 0.2) is 0 Å². The van der Waals surface area contributed by atoms with Gasteiger partial charge in [-0.25, -0.2) is 0 Å². The zero-order chi connectivity index (χ0) is 36.8. The Morgan fingerprint density at radius 3 is 1.36 bits per heavy atom. The fraction of sp³-hybridized carbons (Fsp3) is 0.0769. The van der Waals surface area contributed by atoms with E-state index in [0.29, 0.717) is 0 Å². The molecule has 0 aliphatic heterocycles. The number of benzene rings is 8. The Bertz CT molecular complexity index is 3260. The monoisotopic (exact) mass is 706 g/mol. The van der Waals surface area contributed by atoms with E-state index in [1.54, 1.807) is 0 Å². The fourth-order valence-corrected chi connectivity index (χ4v) is 8.64. The Kier molecular flexibility index (Phi) is 6.81. The van der Waals surface area contributed by atoms with E-state index in [2.05, 4.69) is 194 Å². The molecular formula is C52H38N2O. The predicted molar refractivity (Wildman–Crippen MR) is 232 cm³/mol. The van der Waals surface area contributed by atoms with Gasteiger partial charge in [0.05, 0.1) is 22.1 Å². The summed E-state index contributed by atoms with van der Waals surface area (Å²) in [5.41, 5.74) is 15.2. The van der Waals surface area contributed by atoms with Crippen molar-refractivity contribution in [3.8, 4) is 33.6 Å². The molecule has 3 heterocycles. The lowest BCUT2D eigenvalue weighted by Gasteiger charge is -2.19. The van der Waals surface area contributed by atoms with E-state index in [1.807, 2.05) is 12.1 Å². The van der Waals surface area contributed by atoms with Crippen LogP contribution in [0.1, 0.15) is 26.3 Å². The standard InChI is InChI=1S/C52H38N2O/c1-52(2,3)37-24-29-48-43(30-37)40-10-4-7-13-46(40)53(48)38-25-20-35(21-26-38)33-16-18-34(19-17-33)36-22-27-39(28-23-36)54-47-14-8-5-11-41(47)44-32-51-45(31-49(44)54)42-12-6-9-15-50(42)55-51/h4-32H,1-3H3. The highest BCUT2D eigenvalue weighted by atomic mass is 16.3. The summed E-state index contributed by atoms with van der Waals surface area (Å²) in [5, 5.41) is 7.28. The van der Waals surface area contributed by atoms with Crippen molar-refractivity contribution in [2.45, 2.75) is 26.2 Å². The highest BCUT2D eigenvalue weighted by Gasteiger charge is 2.19. The second-order valence-corrected chi connectivity index (χ2v) is 15.8. The molecule has 8 aromatic carbocycles. The Morgan fingerprint density at radius 1 is 0.345 bits per heavy atom. The molecule has 0 fully saturated rings. The number of hydrogen-bond donors (Lipinski definition) is 0. The van der Waals surface area contributed by atoms with Crippen molar-refractivity contribution in [2.75, 3.05) is 0 Å². The van der Waals surface area contributed by atoms with E-state index in [4.69, 9.17) is 4.42 Å². The molecule has 0 aliphatic carbocycles. The minimum atomic E-state index is 0.0938. The molecule has 0 amide bonds. The maximum absolute atomic E-state index is 6.28. The van der Waals surface area contributed by atoms with Crippen LogP contribution in [0.5, 0.6) is 0 Å². The number of rotatable bonds is 4. The highest BCUT2D eigenvalue weighted by Crippen LogP contribution is 2.39. The van der Waals surface area contributed by atoms with Crippen LogP contribution >= 0.6 is 0 Å². The summed E-state index contributed by atoms with van der Waals surface area (Å²) < 4.78 is 11.1. The molecule has 0 spiro atoms. The molecule has 0 radical (unpaired) electrons. The van der Waals surface area contributed by atoms with Gasteiger partial charge in [-0.1, -0.05) is 130 Å². The van der Waals surface area contributed by atoms with Crippen LogP contribution in [0, 0.1) is 0 Å². The van der Waals surface area contributed by atoms with Crippen molar-refractivity contribution < 1.29 is 4.42 Å². The quantitative estimate of drug-likeness (QED) is 0.179. The third kappa shape index (κ3) is 4.97. The first-order chi connectivity index (χ1) is 26.9. The second kappa shape index (κ2) is 11.8. The summed E-state index contributed by atoms with van der Waals surface area (Å²) in [5.74, 6) is 0. The molecule has 0 saturated carbocycles. The van der Waals surface area contributed by atoms with Gasteiger partial charge in [0.25, 0.3) is 0 Å². The Morgan fingerprint density at radius 2 is 0.800 bits per heavy atom. The number of furan rings is 1. The average molecular weight is 707 g/mol. The van der Waals surface area contributed by atoms with Crippen LogP contribution in [0.25, 0.3) is 99.2 Å². The van der Waals surface area contributed by atoms with Gasteiger partial charge in [-0.2, -0.15) is 0 Å². The fourth-order valence-electron chi connectivity index (χ4n) is 8.64. The maximum atomic E-state index is 6.28. The lowest BCUT2D eigenvalue weighted by atomic mass is 9.86. The number of nitrogens with zero attached hydrogens (tertiary/aromatic N) is 2. The zero-order valence-corrected chi connectivity index (χ0v) is 31.0. The third-order valence-corrected chi connectivity index (χ3v) is 11.5. The Labute approximate surface area is 319 Å². The van der Waals surface area contributed by atoms with Gasteiger partial charge in [-0.05, 0) is 100.0 Å². The summed E-state index contributed by atoms with van der Waals surface area (Å²) in [6.07, 6.45) is 0. The number of hydrogen-bond acceptors (Lipinski definition) is 1. The van der Waals surface area contributed by atoms with E-state index < -0.39 is 0 Å². The van der Waals surface area contributed by atoms with Crippen molar-refractivity contribution in [1.29, 1.82) is 0 Å². The minimum absolute atomic E-state index is 0.0938. The van der Waals surface area contributed by atoms with E-state index in [1.165, 1.54) is 77.1 Å². The molecule has 0 atom stereocenters. The molecule has 0 aliphatic rings. The van der Waals surface area contributed by atoms with Gasteiger partial charge in [-0.3, -0.25) is 0 Å². The van der Waals surface area contributed by atoms with Gasteiger partial charge in [0.1, 0.15) is 11.2 Å². The van der Waals surface area contributed by atoms with Crippen LogP contribution in [-0.2, 0) is 5.41 Å². The van der Waals surface area contributed by atoms with E-state index in [9.17, 15) is 0 Å². The van der Waals surface area contributed by atoms with Crippen molar-refractivity contribution in [3.63, 3.8) is 0 Å². The normalized spacial score (nSPS) is 12.3. The SMILES string of the molecule is CC(C)(C)c1ccc2c(c1)c1ccccc1n2-c1ccc(-c2ccc(-c3ccc(-n4c5ccccc5c5cc6oc7ccccc7c6cc54)cc3)cc2)cc1. The van der Waals surface area contributed by atoms with Gasteiger partial charge in [0, 0.05) is 43.7 Å². The molecule has 0 unspecified atom stereocenters. The van der Waals surface area contributed by atoms with Crippen molar-refractivity contribution in [3.05, 3.63) is 181 Å². The van der Waals surface area contributed by atoms with Crippen LogP contribution in [0.3, 0.4) is 0 Å². The molecule has 11 rings (SSSR count). The number of aromatic nitrogens is 2. The first-order valence-electron chi connectivity index (χ1n) is 19.1. The molecule has 55 heavy (non-hydrogen) atoms. The molecule has 3 heteroatoms. The third-order valence-electron chi connectivity index (χ3n) is 11.5. The summed E-state index contributed by atoms with van der Waals surface area (Å²) in [6.45, 7) is 6.84. The Hall–Kier alpha value is -6.84. The molecule has 3 aromatic heterocycles. The first kappa shape index (κ1) is 31.7. The molecule has 0 saturated heterocycles. The van der Waals surface area contributed by atoms with Gasteiger partial charge < -0.3 is 13.6 Å². The summed E-state index contributed by atoms with van der Waals surface area (Å²) >= 11 is 0. The summed E-state index contributed by atoms with van der Waals surface area (Å²) in [7, 11) is 0. The van der Waals surface area contributed by atoms with Crippen LogP contribution in [0.4, 0.5) is 0 Å². The Balaban J connectivity index is 0.912. The lowest BCUT2D eigenvalue weighted by Crippen LogP contribution is -2.10. The molecule has 0 bridgehead atoms. The van der Waals surface area contributed by atoms with Gasteiger partial charge >= 0.3 is 0 Å². The highest BCUT2D eigenvalue weighted by molar-refractivity contribution is 6.17. The van der Waals surface area contributed by atoms with E-state index in [0.717, 1.165) is 27.6 Å². The van der Waals surface area contributed by atoms with Crippen LogP contribution < -0.4 is 0 Å². The van der Waals surface area contributed by atoms with Gasteiger partial charge in [-0.15, -0.1) is 0 Å². The zero-order valence-electron chi connectivity index (χ0n) is 31.0. The topological polar surface area (TPSA) is 23.0 Å². The van der Waals surface area contributed by atoms with Crippen molar-refractivity contribution in [2.24, 2.45) is 0 Å².